The molecule has 2 aromatic carbocycles. The van der Waals surface area contributed by atoms with Crippen molar-refractivity contribution in [1.82, 2.24) is 10.3 Å². The van der Waals surface area contributed by atoms with Crippen LogP contribution in [0.2, 0.25) is 0 Å². The van der Waals surface area contributed by atoms with Crippen LogP contribution in [-0.2, 0) is 10.3 Å². The molecule has 0 spiro atoms. The number of rotatable bonds is 6. The van der Waals surface area contributed by atoms with E-state index < -0.39 is 17.7 Å². The van der Waals surface area contributed by atoms with Crippen molar-refractivity contribution in [3.05, 3.63) is 66.2 Å². The average molecular weight is 486 g/mol. The molecule has 3 aromatic rings. The second-order valence-electron chi connectivity index (χ2n) is 9.96. The van der Waals surface area contributed by atoms with Crippen LogP contribution in [-0.4, -0.2) is 46.5 Å². The van der Waals surface area contributed by atoms with E-state index in [1.54, 1.807) is 0 Å². The first-order valence-corrected chi connectivity index (χ1v) is 12.3. The number of fused-ring (bicyclic) bond motifs is 1. The summed E-state index contributed by atoms with van der Waals surface area (Å²) in [5, 5.41) is 21.8. The summed E-state index contributed by atoms with van der Waals surface area (Å²) in [6.07, 6.45) is 1.31. The molecule has 36 heavy (non-hydrogen) atoms. The molecule has 0 atom stereocenters. The van der Waals surface area contributed by atoms with Gasteiger partial charge >= 0.3 is 6.09 Å². The van der Waals surface area contributed by atoms with Gasteiger partial charge in [0.05, 0.1) is 17.3 Å². The topological polar surface area (TPSA) is 112 Å². The Morgan fingerprint density at radius 3 is 2.44 bits per heavy atom. The first-order valence-electron chi connectivity index (χ1n) is 12.3. The fourth-order valence-corrected chi connectivity index (χ4v) is 5.25. The van der Waals surface area contributed by atoms with Gasteiger partial charge in [-0.3, -0.25) is 4.79 Å². The number of aliphatic hydroxyl groups is 1. The van der Waals surface area contributed by atoms with Crippen molar-refractivity contribution in [3.63, 3.8) is 0 Å². The Balaban J connectivity index is 1.42. The molecule has 0 unspecified atom stereocenters. The minimum Gasteiger partial charge on any atom is -0.466 e. The molecular formula is C28H27N3O5. The normalized spacial score (nSPS) is 22.9. The van der Waals surface area contributed by atoms with Gasteiger partial charge in [0.15, 0.2) is 6.61 Å². The number of benzene rings is 2. The van der Waals surface area contributed by atoms with Crippen molar-refractivity contribution in [3.8, 4) is 28.3 Å². The Labute approximate surface area is 208 Å². The number of hydrogen-bond donors (Lipinski definition) is 3. The maximum absolute atomic E-state index is 12.7. The number of hydrogen-bond acceptors (Lipinski definition) is 5. The van der Waals surface area contributed by atoms with Gasteiger partial charge in [-0.1, -0.05) is 54.6 Å². The average Bonchev–Trinajstić information content (AvgIpc) is 3.68. The number of nitrogens with one attached hydrogen (secondary N) is 1. The molecule has 3 N–H and O–H groups in total. The molecule has 0 radical (unpaired) electrons. The van der Waals surface area contributed by atoms with Gasteiger partial charge in [0.1, 0.15) is 5.69 Å². The van der Waals surface area contributed by atoms with E-state index in [2.05, 4.69) is 5.32 Å². The third-order valence-corrected chi connectivity index (χ3v) is 7.34. The molecule has 2 aliphatic carbocycles. The summed E-state index contributed by atoms with van der Waals surface area (Å²) in [6, 6.07) is 19.5. The molecule has 1 aliphatic heterocycles. The van der Waals surface area contributed by atoms with Crippen LogP contribution in [0.1, 0.15) is 31.2 Å². The number of carbonyl (C=O) groups is 2. The minimum atomic E-state index is -1.11. The molecule has 1 aromatic heterocycles. The van der Waals surface area contributed by atoms with Gasteiger partial charge in [0, 0.05) is 30.5 Å². The highest BCUT2D eigenvalue weighted by Gasteiger charge is 2.46. The lowest BCUT2D eigenvalue weighted by atomic mass is 9.69. The lowest BCUT2D eigenvalue weighted by Gasteiger charge is -2.45. The molecule has 2 fully saturated rings. The van der Waals surface area contributed by atoms with E-state index in [1.807, 2.05) is 65.6 Å². The second-order valence-corrected chi connectivity index (χ2v) is 9.96. The highest BCUT2D eigenvalue weighted by molar-refractivity contribution is 5.99. The summed E-state index contributed by atoms with van der Waals surface area (Å²) < 4.78 is 5.78. The lowest BCUT2D eigenvalue weighted by molar-refractivity contribution is -0.121. The van der Waals surface area contributed by atoms with Crippen molar-refractivity contribution in [2.45, 2.75) is 37.3 Å². The van der Waals surface area contributed by atoms with Crippen molar-refractivity contribution in [2.24, 2.45) is 5.92 Å². The van der Waals surface area contributed by atoms with E-state index in [4.69, 9.17) is 9.72 Å². The van der Waals surface area contributed by atoms with Gasteiger partial charge < -0.3 is 25.2 Å². The van der Waals surface area contributed by atoms with Gasteiger partial charge in [-0.05, 0) is 36.0 Å². The summed E-state index contributed by atoms with van der Waals surface area (Å²) in [6.45, 7) is 0.658. The zero-order valence-electron chi connectivity index (χ0n) is 19.7. The van der Waals surface area contributed by atoms with E-state index in [1.165, 1.54) is 0 Å². The Bertz CT molecular complexity index is 1320. The number of ether oxygens (including phenoxy) is 1. The van der Waals surface area contributed by atoms with Crippen LogP contribution in [0, 0.1) is 5.92 Å². The van der Waals surface area contributed by atoms with Crippen LogP contribution < -0.4 is 15.0 Å². The Morgan fingerprint density at radius 1 is 1.08 bits per heavy atom. The third-order valence-electron chi connectivity index (χ3n) is 7.34. The molecule has 6 rings (SSSR count). The lowest BCUT2D eigenvalue weighted by Crippen LogP contribution is -2.56. The smallest absolute Gasteiger partial charge is 0.405 e. The fourth-order valence-electron chi connectivity index (χ4n) is 5.25. The third kappa shape index (κ3) is 4.07. The number of aliphatic hydroxyl groups excluding tert-OH is 1. The van der Waals surface area contributed by atoms with E-state index in [0.29, 0.717) is 36.9 Å². The standard InChI is InChI=1S/C28H27N3O5/c32-21-13-28(14-21,30-27(34)35)20-10-8-19(9-11-20)25-22(18-4-2-1-3-5-18)12-23-26(29-25)36-16-24(33)31(23)15-17-6-7-17/h1-5,8-12,17,21,30,32H,6-7,13-16H2,(H,34,35). The van der Waals surface area contributed by atoms with Crippen LogP contribution in [0.25, 0.3) is 22.4 Å². The summed E-state index contributed by atoms with van der Waals surface area (Å²) in [5.41, 5.74) is 4.14. The quantitative estimate of drug-likeness (QED) is 0.483. The van der Waals surface area contributed by atoms with Crippen LogP contribution in [0.3, 0.4) is 0 Å². The zero-order chi connectivity index (χ0) is 24.9. The summed E-state index contributed by atoms with van der Waals surface area (Å²) in [5.74, 6) is 0.926. The molecule has 2 heterocycles. The van der Waals surface area contributed by atoms with Crippen LogP contribution in [0.15, 0.2) is 60.7 Å². The number of carbonyl (C=O) groups excluding carboxylic acids is 1. The van der Waals surface area contributed by atoms with Gasteiger partial charge in [-0.15, -0.1) is 0 Å². The highest BCUT2D eigenvalue weighted by Crippen LogP contribution is 2.44. The van der Waals surface area contributed by atoms with Crippen molar-refractivity contribution < 1.29 is 24.5 Å². The zero-order valence-corrected chi connectivity index (χ0v) is 19.7. The summed E-state index contributed by atoms with van der Waals surface area (Å²) in [4.78, 5) is 30.8. The maximum Gasteiger partial charge on any atom is 0.405 e. The monoisotopic (exact) mass is 485 g/mol. The molecule has 0 bridgehead atoms. The second kappa shape index (κ2) is 8.64. The van der Waals surface area contributed by atoms with Gasteiger partial charge in [0.25, 0.3) is 5.91 Å². The highest BCUT2D eigenvalue weighted by atomic mass is 16.5. The molecule has 8 heteroatoms. The van der Waals surface area contributed by atoms with Crippen molar-refractivity contribution >= 4 is 17.7 Å². The Kier molecular flexibility index (Phi) is 5.41. The molecule has 3 aliphatic rings. The van der Waals surface area contributed by atoms with E-state index >= 15 is 0 Å². The molecular weight excluding hydrogens is 458 g/mol. The number of pyridine rings is 1. The van der Waals surface area contributed by atoms with Crippen LogP contribution in [0.5, 0.6) is 5.88 Å². The molecule has 184 valence electrons. The number of carboxylic acid groups (broad SMARTS) is 1. The van der Waals surface area contributed by atoms with Crippen LogP contribution in [0.4, 0.5) is 10.5 Å². The Morgan fingerprint density at radius 2 is 1.81 bits per heavy atom. The molecule has 2 amide bonds. The fraction of sp³-hybridized carbons (Fsp3) is 0.321. The van der Waals surface area contributed by atoms with Crippen LogP contribution >= 0.6 is 0 Å². The predicted molar refractivity (Wildman–Crippen MR) is 134 cm³/mol. The Hall–Kier alpha value is -3.91. The van der Waals surface area contributed by atoms with Crippen molar-refractivity contribution in [1.29, 1.82) is 0 Å². The molecule has 0 saturated heterocycles. The molecule has 2 saturated carbocycles. The van der Waals surface area contributed by atoms with Gasteiger partial charge in [-0.2, -0.15) is 0 Å². The number of aromatic nitrogens is 1. The van der Waals surface area contributed by atoms with E-state index in [-0.39, 0.29) is 12.5 Å². The predicted octanol–water partition coefficient (Wildman–Crippen LogP) is 4.17. The number of anilines is 1. The largest absolute Gasteiger partial charge is 0.466 e. The summed E-state index contributed by atoms with van der Waals surface area (Å²) in [7, 11) is 0. The van der Waals surface area contributed by atoms with Gasteiger partial charge in [0.2, 0.25) is 5.88 Å². The SMILES string of the molecule is O=C(O)NC1(c2ccc(-c3nc4c(cc3-c3ccccc3)N(CC3CC3)C(=O)CO4)cc2)CC(O)C1. The summed E-state index contributed by atoms with van der Waals surface area (Å²) >= 11 is 0. The maximum atomic E-state index is 12.7. The number of amides is 2. The van der Waals surface area contributed by atoms with Crippen molar-refractivity contribution in [2.75, 3.05) is 18.1 Å². The first kappa shape index (κ1) is 22.5. The van der Waals surface area contributed by atoms with Gasteiger partial charge in [-0.25, -0.2) is 9.78 Å². The molecule has 8 nitrogen and oxygen atoms in total. The van der Waals surface area contributed by atoms with E-state index in [0.717, 1.165) is 40.8 Å². The number of nitrogens with zero attached hydrogens (tertiary/aromatic N) is 2. The first-order chi connectivity index (χ1) is 17.4. The van der Waals surface area contributed by atoms with E-state index in [9.17, 15) is 19.8 Å². The minimum absolute atomic E-state index is 0.0263.